The van der Waals surface area contributed by atoms with Crippen molar-refractivity contribution in [3.05, 3.63) is 54.7 Å². The van der Waals surface area contributed by atoms with Gasteiger partial charge >= 0.3 is 6.01 Å². The third-order valence-electron chi connectivity index (χ3n) is 7.58. The molecule has 0 bridgehead atoms. The number of nitriles is 1. The summed E-state index contributed by atoms with van der Waals surface area (Å²) in [7, 11) is 2.14. The van der Waals surface area contributed by atoms with E-state index in [4.69, 9.17) is 19.7 Å². The summed E-state index contributed by atoms with van der Waals surface area (Å²) < 4.78 is 6.21. The van der Waals surface area contributed by atoms with Crippen LogP contribution in [0.2, 0.25) is 0 Å². The van der Waals surface area contributed by atoms with Crippen LogP contribution in [0.25, 0.3) is 32.9 Å². The minimum Gasteiger partial charge on any atom is -0.462 e. The number of benzene rings is 2. The fraction of sp³-hybridized carbons (Fsp3) is 0.379. The Morgan fingerprint density at radius 1 is 1.11 bits per heavy atom. The lowest BCUT2D eigenvalue weighted by Crippen LogP contribution is -2.51. The van der Waals surface area contributed by atoms with Crippen LogP contribution in [0, 0.1) is 11.3 Å². The van der Waals surface area contributed by atoms with Gasteiger partial charge in [-0.2, -0.15) is 15.2 Å². The van der Waals surface area contributed by atoms with Gasteiger partial charge < -0.3 is 19.9 Å². The number of likely N-dealkylation sites (N-methyl/N-ethyl adjacent to an activating group) is 1. The molecule has 0 aliphatic carbocycles. The molecule has 6 rings (SSSR count). The van der Waals surface area contributed by atoms with Crippen LogP contribution in [0.3, 0.4) is 0 Å². The van der Waals surface area contributed by atoms with Crippen molar-refractivity contribution in [2.45, 2.75) is 31.3 Å². The standard InChI is InChI=1S/C29H31N7O/c1-35-14-5-8-22(35)19-37-29-33-27-16-26(24-10-4-7-20-6-2-3-9-23(20)24)32-17-25(27)28(34-29)36-15-13-31-21(18-36)11-12-30/h2-4,6-7,9-10,16-17,21-22,31H,5,8,11,13-15,18-19H2,1H3/t21-,22-/m0/s1. The molecule has 2 fully saturated rings. The van der Waals surface area contributed by atoms with Crippen molar-refractivity contribution in [1.82, 2.24) is 25.2 Å². The fourth-order valence-electron chi connectivity index (χ4n) is 5.52. The molecule has 0 unspecified atom stereocenters. The summed E-state index contributed by atoms with van der Waals surface area (Å²) in [5.41, 5.74) is 2.76. The number of hydrogen-bond donors (Lipinski definition) is 1. The molecule has 2 atom stereocenters. The second kappa shape index (κ2) is 10.3. The Bertz CT molecular complexity index is 1460. The summed E-state index contributed by atoms with van der Waals surface area (Å²) in [6.07, 6.45) is 4.66. The lowest BCUT2D eigenvalue weighted by molar-refractivity contribution is 0.188. The molecule has 0 amide bonds. The van der Waals surface area contributed by atoms with Crippen LogP contribution in [0.5, 0.6) is 6.01 Å². The van der Waals surface area contributed by atoms with Crippen LogP contribution in [0.1, 0.15) is 19.3 Å². The van der Waals surface area contributed by atoms with Gasteiger partial charge in [-0.3, -0.25) is 4.98 Å². The van der Waals surface area contributed by atoms with Gasteiger partial charge in [0.15, 0.2) is 0 Å². The van der Waals surface area contributed by atoms with E-state index in [9.17, 15) is 5.26 Å². The maximum absolute atomic E-state index is 9.23. The zero-order valence-corrected chi connectivity index (χ0v) is 21.1. The average Bonchev–Trinajstić information content (AvgIpc) is 3.35. The number of fused-ring (bicyclic) bond motifs is 2. The zero-order chi connectivity index (χ0) is 25.2. The van der Waals surface area contributed by atoms with Crippen molar-refractivity contribution >= 4 is 27.5 Å². The van der Waals surface area contributed by atoms with Gasteiger partial charge in [0, 0.05) is 43.5 Å². The van der Waals surface area contributed by atoms with E-state index in [2.05, 4.69) is 70.7 Å². The quantitative estimate of drug-likeness (QED) is 0.431. The summed E-state index contributed by atoms with van der Waals surface area (Å²) in [5.74, 6) is 0.821. The normalized spacial score (nSPS) is 20.4. The largest absolute Gasteiger partial charge is 0.462 e. The zero-order valence-electron chi connectivity index (χ0n) is 21.1. The molecule has 2 aliphatic heterocycles. The first-order valence-electron chi connectivity index (χ1n) is 13.0. The van der Waals surface area contributed by atoms with Gasteiger partial charge in [0.2, 0.25) is 0 Å². The molecule has 0 radical (unpaired) electrons. The van der Waals surface area contributed by atoms with Crippen LogP contribution in [0.15, 0.2) is 54.7 Å². The first-order chi connectivity index (χ1) is 18.2. The predicted octanol–water partition coefficient (Wildman–Crippen LogP) is 4.01. The van der Waals surface area contributed by atoms with E-state index in [1.165, 1.54) is 11.8 Å². The highest BCUT2D eigenvalue weighted by Gasteiger charge is 2.25. The number of nitrogens with zero attached hydrogens (tertiary/aromatic N) is 6. The number of rotatable bonds is 6. The lowest BCUT2D eigenvalue weighted by Gasteiger charge is -2.34. The van der Waals surface area contributed by atoms with Crippen LogP contribution < -0.4 is 15.0 Å². The highest BCUT2D eigenvalue weighted by molar-refractivity contribution is 5.98. The van der Waals surface area contributed by atoms with Crippen molar-refractivity contribution < 1.29 is 4.74 Å². The molecule has 2 saturated heterocycles. The summed E-state index contributed by atoms with van der Waals surface area (Å²) >= 11 is 0. The second-order valence-electron chi connectivity index (χ2n) is 9.99. The Kier molecular flexibility index (Phi) is 6.56. The van der Waals surface area contributed by atoms with Crippen LogP contribution in [0.4, 0.5) is 5.82 Å². The fourth-order valence-corrected chi connectivity index (χ4v) is 5.52. The van der Waals surface area contributed by atoms with E-state index >= 15 is 0 Å². The Morgan fingerprint density at radius 2 is 2.00 bits per heavy atom. The Balaban J connectivity index is 1.41. The minimum atomic E-state index is 0.100. The summed E-state index contributed by atoms with van der Waals surface area (Å²) in [5, 5.41) is 15.9. The Hall–Kier alpha value is -3.80. The molecule has 2 aromatic heterocycles. The number of nitrogens with one attached hydrogen (secondary N) is 1. The van der Waals surface area contributed by atoms with E-state index < -0.39 is 0 Å². The van der Waals surface area contributed by atoms with Crippen molar-refractivity contribution in [2.75, 3.05) is 44.7 Å². The monoisotopic (exact) mass is 493 g/mol. The SMILES string of the molecule is CN1CCC[C@H]1COc1nc(N2CCN[C@@H](CC#N)C2)c2cnc(-c3cccc4ccccc34)cc2n1. The number of piperazine rings is 1. The molecule has 37 heavy (non-hydrogen) atoms. The van der Waals surface area contributed by atoms with E-state index in [0.29, 0.717) is 31.6 Å². The first-order valence-corrected chi connectivity index (χ1v) is 13.0. The average molecular weight is 494 g/mol. The van der Waals surface area contributed by atoms with Gasteiger partial charge in [-0.1, -0.05) is 42.5 Å². The van der Waals surface area contributed by atoms with Crippen molar-refractivity contribution in [1.29, 1.82) is 5.26 Å². The van der Waals surface area contributed by atoms with E-state index in [1.54, 1.807) is 0 Å². The second-order valence-corrected chi connectivity index (χ2v) is 9.99. The highest BCUT2D eigenvalue weighted by atomic mass is 16.5. The lowest BCUT2D eigenvalue weighted by atomic mass is 10.0. The summed E-state index contributed by atoms with van der Waals surface area (Å²) in [6, 6.07) is 19.9. The van der Waals surface area contributed by atoms with Gasteiger partial charge in [-0.05, 0) is 43.3 Å². The molecule has 2 aliphatic rings. The minimum absolute atomic E-state index is 0.100. The van der Waals surface area contributed by atoms with Crippen LogP contribution >= 0.6 is 0 Å². The molecule has 0 saturated carbocycles. The molecule has 4 heterocycles. The Morgan fingerprint density at radius 3 is 2.86 bits per heavy atom. The summed E-state index contributed by atoms with van der Waals surface area (Å²) in [4.78, 5) is 19.2. The van der Waals surface area contributed by atoms with E-state index in [0.717, 1.165) is 59.4 Å². The molecule has 1 N–H and O–H groups in total. The summed E-state index contributed by atoms with van der Waals surface area (Å²) in [6.45, 7) is 3.96. The van der Waals surface area contributed by atoms with Crippen LogP contribution in [-0.2, 0) is 0 Å². The van der Waals surface area contributed by atoms with Gasteiger partial charge in [0.25, 0.3) is 0 Å². The van der Waals surface area contributed by atoms with Gasteiger partial charge in [0.1, 0.15) is 12.4 Å². The molecular formula is C29H31N7O. The van der Waals surface area contributed by atoms with Crippen molar-refractivity contribution in [3.8, 4) is 23.3 Å². The third-order valence-corrected chi connectivity index (χ3v) is 7.58. The number of pyridine rings is 1. The molecule has 4 aromatic rings. The number of aromatic nitrogens is 3. The third kappa shape index (κ3) is 4.80. The molecule has 188 valence electrons. The van der Waals surface area contributed by atoms with Crippen molar-refractivity contribution in [2.24, 2.45) is 0 Å². The van der Waals surface area contributed by atoms with E-state index in [1.807, 2.05) is 12.3 Å². The van der Waals surface area contributed by atoms with Crippen molar-refractivity contribution in [3.63, 3.8) is 0 Å². The number of hydrogen-bond acceptors (Lipinski definition) is 8. The van der Waals surface area contributed by atoms with Crippen LogP contribution in [-0.4, -0.2) is 71.8 Å². The molecule has 8 heteroatoms. The van der Waals surface area contributed by atoms with Gasteiger partial charge in [-0.25, -0.2) is 0 Å². The maximum Gasteiger partial charge on any atom is 0.319 e. The number of anilines is 1. The molecular weight excluding hydrogens is 462 g/mol. The molecule has 2 aromatic carbocycles. The smallest absolute Gasteiger partial charge is 0.319 e. The predicted molar refractivity (Wildman–Crippen MR) is 146 cm³/mol. The maximum atomic E-state index is 9.23. The first kappa shape index (κ1) is 23.6. The molecule has 0 spiro atoms. The van der Waals surface area contributed by atoms with E-state index in [-0.39, 0.29) is 6.04 Å². The number of likely N-dealkylation sites (tertiary alicyclic amines) is 1. The number of ether oxygens (including phenoxy) is 1. The molecule has 8 nitrogen and oxygen atoms in total. The highest BCUT2D eigenvalue weighted by Crippen LogP contribution is 2.32. The van der Waals surface area contributed by atoms with Gasteiger partial charge in [0.05, 0.1) is 29.1 Å². The topological polar surface area (TPSA) is 90.2 Å². The Labute approximate surface area is 216 Å². The van der Waals surface area contributed by atoms with Gasteiger partial charge in [-0.15, -0.1) is 0 Å².